The van der Waals surface area contributed by atoms with Crippen LogP contribution in [-0.4, -0.2) is 25.4 Å². The quantitative estimate of drug-likeness (QED) is 0.659. The highest BCUT2D eigenvalue weighted by Crippen LogP contribution is 2.59. The molecule has 2 rings (SSSR count). The fourth-order valence-electron chi connectivity index (χ4n) is 2.05. The number of halogens is 4. The van der Waals surface area contributed by atoms with E-state index >= 15 is 0 Å². The van der Waals surface area contributed by atoms with Gasteiger partial charge in [-0.2, -0.15) is 21.6 Å². The Morgan fingerprint density at radius 2 is 1.86 bits per heavy atom. The summed E-state index contributed by atoms with van der Waals surface area (Å²) in [5, 5.41) is 1.51. The van der Waals surface area contributed by atoms with Crippen LogP contribution >= 0.6 is 26.2 Å². The second kappa shape index (κ2) is 6.54. The van der Waals surface area contributed by atoms with E-state index in [-0.39, 0.29) is 0 Å². The molecule has 9 heteroatoms. The summed E-state index contributed by atoms with van der Waals surface area (Å²) in [6.07, 6.45) is 2.94. The fraction of sp³-hybridized carbons (Fsp3) is 0.385. The Hall–Kier alpha value is -0.510. The van der Waals surface area contributed by atoms with Crippen molar-refractivity contribution in [3.63, 3.8) is 0 Å². The van der Waals surface area contributed by atoms with E-state index in [9.17, 15) is 21.6 Å². The van der Waals surface area contributed by atoms with Crippen LogP contribution in [0.1, 0.15) is 18.4 Å². The van der Waals surface area contributed by atoms with Crippen molar-refractivity contribution in [3.05, 3.63) is 39.7 Å². The van der Waals surface area contributed by atoms with Crippen LogP contribution in [0.25, 0.3) is 6.08 Å². The van der Waals surface area contributed by atoms with Crippen molar-refractivity contribution < 1.29 is 25.2 Å². The molecule has 0 unspecified atom stereocenters. The third kappa shape index (κ3) is 4.27. The van der Waals surface area contributed by atoms with Crippen LogP contribution < -0.4 is 0 Å². The Morgan fingerprint density at radius 3 is 2.41 bits per heavy atom. The summed E-state index contributed by atoms with van der Waals surface area (Å²) in [6.45, 7) is 0. The topological polar surface area (TPSA) is 43.4 Å². The molecule has 1 aliphatic rings. The lowest BCUT2D eigenvalue weighted by atomic mass is 10.2. The molecule has 3 nitrogen and oxygen atoms in total. The zero-order valence-electron chi connectivity index (χ0n) is 11.3. The van der Waals surface area contributed by atoms with E-state index in [0.29, 0.717) is 24.3 Å². The lowest BCUT2D eigenvalue weighted by Crippen LogP contribution is -2.27. The maximum Gasteiger partial charge on any atom is 0.523 e. The maximum absolute atomic E-state index is 12.5. The van der Waals surface area contributed by atoms with Crippen LogP contribution in [-0.2, 0) is 13.7 Å². The Morgan fingerprint density at radius 1 is 1.23 bits per heavy atom. The van der Waals surface area contributed by atoms with E-state index in [1.54, 1.807) is 24.3 Å². The predicted molar refractivity (Wildman–Crippen MR) is 85.8 cm³/mol. The number of hydrogen-bond donors (Lipinski definition) is 0. The summed E-state index contributed by atoms with van der Waals surface area (Å²) in [5.41, 5.74) is -4.62. The van der Waals surface area contributed by atoms with Gasteiger partial charge >= 0.3 is 15.6 Å². The predicted octanol–water partition coefficient (Wildman–Crippen LogP) is 4.80. The van der Waals surface area contributed by atoms with Gasteiger partial charge in [-0.25, -0.2) is 3.63 Å². The molecule has 1 saturated heterocycles. The third-order valence-corrected chi connectivity index (χ3v) is 8.55. The molecule has 124 valence electrons. The summed E-state index contributed by atoms with van der Waals surface area (Å²) in [7, 11) is -7.99. The highest BCUT2D eigenvalue weighted by molar-refractivity contribution is 9.10. The first kappa shape index (κ1) is 17.8. The Labute approximate surface area is 137 Å². The molecule has 0 aliphatic carbocycles. The minimum absolute atomic E-state index is 0.326. The summed E-state index contributed by atoms with van der Waals surface area (Å²) >= 11 is 3.30. The number of alkyl halides is 3. The van der Waals surface area contributed by atoms with Gasteiger partial charge in [-0.1, -0.05) is 38.4 Å². The lowest BCUT2D eigenvalue weighted by Gasteiger charge is -2.30. The van der Waals surface area contributed by atoms with Crippen molar-refractivity contribution in [3.8, 4) is 0 Å². The Kier molecular flexibility index (Phi) is 5.31. The monoisotopic (exact) mass is 418 g/mol. The number of benzene rings is 1. The van der Waals surface area contributed by atoms with Gasteiger partial charge in [-0.15, -0.1) is 0 Å². The van der Waals surface area contributed by atoms with E-state index in [1.165, 1.54) is 5.41 Å². The normalized spacial score (nSPS) is 20.4. The molecule has 1 aromatic rings. The molecule has 0 bridgehead atoms. The van der Waals surface area contributed by atoms with Crippen LogP contribution in [0, 0.1) is 0 Å². The third-order valence-electron chi connectivity index (χ3n) is 3.10. The van der Waals surface area contributed by atoms with E-state index in [2.05, 4.69) is 19.6 Å². The lowest BCUT2D eigenvalue weighted by molar-refractivity contribution is -0.0495. The average molecular weight is 419 g/mol. The van der Waals surface area contributed by atoms with Gasteiger partial charge in [0.1, 0.15) is 0 Å². The molecule has 1 heterocycles. The average Bonchev–Trinajstić information content (AvgIpc) is 2.83. The minimum atomic E-state index is -5.58. The van der Waals surface area contributed by atoms with Crippen molar-refractivity contribution in [2.24, 2.45) is 0 Å². The Bertz CT molecular complexity index is 665. The second-order valence-corrected chi connectivity index (χ2v) is 10.5. The largest absolute Gasteiger partial charge is 0.523 e. The summed E-state index contributed by atoms with van der Waals surface area (Å²) < 4.78 is 65.7. The van der Waals surface area contributed by atoms with Crippen LogP contribution in [0.2, 0.25) is 0 Å². The van der Waals surface area contributed by atoms with Crippen molar-refractivity contribution >= 4 is 42.4 Å². The van der Waals surface area contributed by atoms with Crippen molar-refractivity contribution in [2.45, 2.75) is 18.3 Å². The van der Waals surface area contributed by atoms with Gasteiger partial charge in [0.2, 0.25) is 0 Å². The second-order valence-electron chi connectivity index (χ2n) is 4.81. The van der Waals surface area contributed by atoms with Crippen LogP contribution in [0.3, 0.4) is 0 Å². The van der Waals surface area contributed by atoms with Crippen LogP contribution in [0.5, 0.6) is 0 Å². The summed E-state index contributed by atoms with van der Waals surface area (Å²) in [5.74, 6) is 0.652. The van der Waals surface area contributed by atoms with Gasteiger partial charge in [-0.05, 0) is 42.0 Å². The van der Waals surface area contributed by atoms with E-state index in [0.717, 1.165) is 10.0 Å². The molecule has 1 fully saturated rings. The van der Waals surface area contributed by atoms with Crippen molar-refractivity contribution in [1.29, 1.82) is 0 Å². The smallest absolute Gasteiger partial charge is 0.209 e. The molecule has 0 N–H and O–H groups in total. The molecule has 0 radical (unpaired) electrons. The molecule has 0 amide bonds. The molecule has 0 atom stereocenters. The molecule has 0 aromatic heterocycles. The van der Waals surface area contributed by atoms with E-state index in [1.807, 2.05) is 6.07 Å². The van der Waals surface area contributed by atoms with Crippen LogP contribution in [0.15, 0.2) is 34.1 Å². The highest BCUT2D eigenvalue weighted by Gasteiger charge is 2.51. The van der Waals surface area contributed by atoms with E-state index in [4.69, 9.17) is 0 Å². The highest BCUT2D eigenvalue weighted by atomic mass is 79.9. The number of hydrogen-bond acceptors (Lipinski definition) is 3. The zero-order valence-corrected chi connectivity index (χ0v) is 14.6. The van der Waals surface area contributed by atoms with Gasteiger partial charge in [-0.3, -0.25) is 0 Å². The summed E-state index contributed by atoms with van der Waals surface area (Å²) in [4.78, 5) is 0. The fourth-order valence-corrected chi connectivity index (χ4v) is 7.20. The van der Waals surface area contributed by atoms with Crippen LogP contribution in [0.4, 0.5) is 13.2 Å². The van der Waals surface area contributed by atoms with Gasteiger partial charge in [0.25, 0.3) is 0 Å². The SMILES string of the molecule is O=S(=O)(OS1(C=Cc2cccc(Br)c2)CCCC1)C(F)(F)F. The summed E-state index contributed by atoms with van der Waals surface area (Å²) in [6, 6.07) is 7.17. The van der Waals surface area contributed by atoms with E-state index < -0.39 is 25.9 Å². The minimum Gasteiger partial charge on any atom is -0.209 e. The van der Waals surface area contributed by atoms with Gasteiger partial charge in [0, 0.05) is 16.0 Å². The molecule has 1 aromatic carbocycles. The maximum atomic E-state index is 12.5. The first-order valence-electron chi connectivity index (χ1n) is 6.38. The van der Waals surface area contributed by atoms with Crippen molar-refractivity contribution in [1.82, 2.24) is 0 Å². The molecule has 0 spiro atoms. The van der Waals surface area contributed by atoms with Gasteiger partial charge in [0.15, 0.2) is 0 Å². The molecule has 0 saturated carbocycles. The standard InChI is InChI=1S/C13H14BrF3O3S2/c14-12-5-3-4-11(10-12)6-9-21(7-1-2-8-21)20-22(18,19)13(15,16)17/h3-6,9-10H,1-2,7-8H2. The Balaban J connectivity index is 2.26. The van der Waals surface area contributed by atoms with Crippen molar-refractivity contribution in [2.75, 3.05) is 11.5 Å². The molecule has 1 aliphatic heterocycles. The first-order chi connectivity index (χ1) is 10.1. The first-order valence-corrected chi connectivity index (χ1v) is 10.5. The zero-order chi connectivity index (χ0) is 16.4. The molecular formula is C13H14BrF3O3S2. The van der Waals surface area contributed by atoms with Gasteiger partial charge < -0.3 is 0 Å². The van der Waals surface area contributed by atoms with Gasteiger partial charge in [0.05, 0.1) is 0 Å². The number of rotatable bonds is 4. The molecular weight excluding hydrogens is 405 g/mol. The molecule has 22 heavy (non-hydrogen) atoms.